The number of isothiocyanates is 1. The molecular weight excluding hydrogens is 695 g/mol. The van der Waals surface area contributed by atoms with Gasteiger partial charge in [-0.3, -0.25) is 9.80 Å². The molecule has 4 fully saturated rings. The number of hydrogen-bond donors (Lipinski definition) is 3. The molecule has 0 aliphatic carbocycles. The van der Waals surface area contributed by atoms with Gasteiger partial charge in [0.25, 0.3) is 0 Å². The SMILES string of the molecule is CC(=S)NC[C@H]1CN(c2ccc(N3CCOCC3)c(F)c2)C(=O)O1.CN=C=S.N.NC[C@H]1CN(c2ccc(N3CCOCC3)c(F)c2)C(=O)O1. The van der Waals surface area contributed by atoms with Crippen molar-refractivity contribution in [2.45, 2.75) is 19.1 Å². The average Bonchev–Trinajstić information content (AvgIpc) is 3.69. The van der Waals surface area contributed by atoms with Gasteiger partial charge in [0.05, 0.1) is 79.0 Å². The number of nitrogens with two attached hydrogens (primary N) is 1. The van der Waals surface area contributed by atoms with Gasteiger partial charge in [-0.15, -0.1) is 0 Å². The Labute approximate surface area is 301 Å². The normalized spacial score (nSPS) is 19.9. The lowest BCUT2D eigenvalue weighted by molar-refractivity contribution is 0.122. The highest BCUT2D eigenvalue weighted by atomic mass is 32.1. The van der Waals surface area contributed by atoms with Crippen LogP contribution < -0.4 is 36.8 Å². The van der Waals surface area contributed by atoms with Crippen molar-refractivity contribution in [1.82, 2.24) is 11.5 Å². The summed E-state index contributed by atoms with van der Waals surface area (Å²) in [5.74, 6) is -0.697. The highest BCUT2D eigenvalue weighted by molar-refractivity contribution is 7.80. The van der Waals surface area contributed by atoms with Crippen molar-refractivity contribution in [2.24, 2.45) is 10.7 Å². The third-order valence-electron chi connectivity index (χ3n) is 7.87. The highest BCUT2D eigenvalue weighted by Gasteiger charge is 2.33. The molecule has 2 aromatic rings. The van der Waals surface area contributed by atoms with E-state index in [-0.39, 0.29) is 36.5 Å². The number of ether oxygens (including phenoxy) is 4. The molecule has 6 N–H and O–H groups in total. The molecule has 2 aromatic carbocycles. The molecule has 4 heterocycles. The topological polar surface area (TPSA) is 169 Å². The van der Waals surface area contributed by atoms with E-state index in [1.165, 1.54) is 21.9 Å². The van der Waals surface area contributed by atoms with E-state index in [0.717, 1.165) is 0 Å². The molecule has 50 heavy (non-hydrogen) atoms. The molecule has 0 bridgehead atoms. The van der Waals surface area contributed by atoms with Crippen LogP contribution in [-0.2, 0) is 18.9 Å². The summed E-state index contributed by atoms with van der Waals surface area (Å²) in [7, 11) is 1.59. The van der Waals surface area contributed by atoms with E-state index < -0.39 is 12.2 Å². The summed E-state index contributed by atoms with van der Waals surface area (Å²) in [4.78, 5) is 34.4. The van der Waals surface area contributed by atoms with Crippen LogP contribution in [0.4, 0.5) is 41.1 Å². The zero-order chi connectivity index (χ0) is 35.3. The summed E-state index contributed by atoms with van der Waals surface area (Å²) in [5, 5.41) is 5.12. The first-order valence-electron chi connectivity index (χ1n) is 15.8. The zero-order valence-electron chi connectivity index (χ0n) is 28.1. The number of nitrogens with zero attached hydrogens (tertiary/aromatic N) is 5. The molecule has 6 rings (SSSR count). The fourth-order valence-corrected chi connectivity index (χ4v) is 5.48. The van der Waals surface area contributed by atoms with Crippen molar-refractivity contribution in [3.05, 3.63) is 48.0 Å². The molecule has 0 aromatic heterocycles. The maximum absolute atomic E-state index is 14.5. The molecule has 4 aliphatic rings. The smallest absolute Gasteiger partial charge is 0.414 e. The van der Waals surface area contributed by atoms with Crippen molar-refractivity contribution in [2.75, 3.05) is 105 Å². The van der Waals surface area contributed by atoms with Crippen molar-refractivity contribution in [3.63, 3.8) is 0 Å². The third kappa shape index (κ3) is 11.0. The van der Waals surface area contributed by atoms with E-state index in [1.54, 1.807) is 38.2 Å². The summed E-state index contributed by atoms with van der Waals surface area (Å²) in [5.41, 5.74) is 7.54. The van der Waals surface area contributed by atoms with Crippen molar-refractivity contribution >= 4 is 69.5 Å². The maximum Gasteiger partial charge on any atom is 0.414 e. The van der Waals surface area contributed by atoms with Gasteiger partial charge in [0, 0.05) is 39.8 Å². The Morgan fingerprint density at radius 1 is 0.880 bits per heavy atom. The number of anilines is 4. The van der Waals surface area contributed by atoms with Crippen LogP contribution in [0.2, 0.25) is 0 Å². The monoisotopic (exact) mass is 738 g/mol. The van der Waals surface area contributed by atoms with E-state index in [2.05, 4.69) is 27.7 Å². The second-order valence-electron chi connectivity index (χ2n) is 11.2. The number of carbonyl (C=O) groups excluding carboxylic acids is 2. The minimum atomic E-state index is -0.482. The zero-order valence-corrected chi connectivity index (χ0v) is 29.8. The number of morpholine rings is 2. The van der Waals surface area contributed by atoms with Crippen LogP contribution in [-0.4, -0.2) is 120 Å². The molecule has 4 aliphatic heterocycles. The molecule has 0 radical (unpaired) electrons. The van der Waals surface area contributed by atoms with Crippen LogP contribution in [0, 0.1) is 11.6 Å². The number of amides is 2. The maximum atomic E-state index is 14.5. The number of halogens is 2. The van der Waals surface area contributed by atoms with Crippen LogP contribution in [0.1, 0.15) is 6.92 Å². The first kappa shape index (κ1) is 40.4. The Kier molecular flexibility index (Phi) is 16.1. The number of thiocarbonyl (C=S) groups is 2. The van der Waals surface area contributed by atoms with Gasteiger partial charge >= 0.3 is 12.2 Å². The lowest BCUT2D eigenvalue weighted by Gasteiger charge is -2.29. The molecular formula is C32H44F2N8O6S2. The first-order valence-corrected chi connectivity index (χ1v) is 16.6. The van der Waals surface area contributed by atoms with Gasteiger partial charge in [0.15, 0.2) is 0 Å². The number of aliphatic imine (C=N–C) groups is 1. The number of rotatable bonds is 7. The Morgan fingerprint density at radius 2 is 1.30 bits per heavy atom. The second kappa shape index (κ2) is 20.0. The molecule has 2 amide bonds. The molecule has 0 saturated carbocycles. The Bertz CT molecular complexity index is 1510. The largest absolute Gasteiger partial charge is 0.443 e. The Morgan fingerprint density at radius 3 is 1.66 bits per heavy atom. The van der Waals surface area contributed by atoms with Gasteiger partial charge in [-0.1, -0.05) is 12.2 Å². The van der Waals surface area contributed by atoms with E-state index in [4.69, 9.17) is 36.9 Å². The quantitative estimate of drug-likeness (QED) is 0.278. The third-order valence-corrected chi connectivity index (χ3v) is 8.20. The van der Waals surface area contributed by atoms with E-state index >= 15 is 0 Å². The van der Waals surface area contributed by atoms with Crippen LogP contribution in [0.15, 0.2) is 41.4 Å². The number of hydrogen-bond acceptors (Lipinski definition) is 13. The van der Waals surface area contributed by atoms with Gasteiger partial charge in [0.2, 0.25) is 0 Å². The van der Waals surface area contributed by atoms with Crippen molar-refractivity contribution < 1.29 is 37.3 Å². The van der Waals surface area contributed by atoms with Gasteiger partial charge < -0.3 is 45.9 Å². The second-order valence-corrected chi connectivity index (χ2v) is 12.0. The number of cyclic esters (lactones) is 2. The predicted octanol–water partition coefficient (Wildman–Crippen LogP) is 3.75. The fraction of sp³-hybridized carbons (Fsp3) is 0.500. The van der Waals surface area contributed by atoms with E-state index in [1.807, 2.05) is 9.80 Å². The van der Waals surface area contributed by atoms with Crippen LogP contribution in [0.3, 0.4) is 0 Å². The van der Waals surface area contributed by atoms with Gasteiger partial charge in [-0.05, 0) is 55.5 Å². The molecule has 0 unspecified atom stereocenters. The van der Waals surface area contributed by atoms with Gasteiger partial charge in [0.1, 0.15) is 23.8 Å². The van der Waals surface area contributed by atoms with E-state index in [0.29, 0.717) is 100.0 Å². The molecule has 2 atom stereocenters. The van der Waals surface area contributed by atoms with Crippen LogP contribution >= 0.6 is 24.4 Å². The Hall–Kier alpha value is -4.03. The molecule has 4 saturated heterocycles. The predicted molar refractivity (Wildman–Crippen MR) is 195 cm³/mol. The molecule has 14 nitrogen and oxygen atoms in total. The fourth-order valence-electron chi connectivity index (χ4n) is 5.40. The summed E-state index contributed by atoms with van der Waals surface area (Å²) < 4.78 is 49.7. The Balaban J connectivity index is 0.000000242. The summed E-state index contributed by atoms with van der Waals surface area (Å²) >= 11 is 9.08. The average molecular weight is 739 g/mol. The summed E-state index contributed by atoms with van der Waals surface area (Å²) in [6.45, 7) is 8.22. The van der Waals surface area contributed by atoms with Gasteiger partial charge in [-0.25, -0.2) is 23.4 Å². The van der Waals surface area contributed by atoms with Crippen molar-refractivity contribution in [3.8, 4) is 0 Å². The molecule has 274 valence electrons. The number of nitrogens with one attached hydrogen (secondary N) is 1. The number of benzene rings is 2. The van der Waals surface area contributed by atoms with Crippen LogP contribution in [0.25, 0.3) is 0 Å². The van der Waals surface area contributed by atoms with Crippen molar-refractivity contribution in [1.29, 1.82) is 0 Å². The van der Waals surface area contributed by atoms with Crippen LogP contribution in [0.5, 0.6) is 0 Å². The highest BCUT2D eigenvalue weighted by Crippen LogP contribution is 2.29. The molecule has 18 heteroatoms. The lowest BCUT2D eigenvalue weighted by atomic mass is 10.2. The summed E-state index contributed by atoms with van der Waals surface area (Å²) in [6, 6.07) is 9.62. The summed E-state index contributed by atoms with van der Waals surface area (Å²) in [6.07, 6.45) is -1.59. The minimum Gasteiger partial charge on any atom is -0.443 e. The molecule has 0 spiro atoms. The lowest BCUT2D eigenvalue weighted by Crippen LogP contribution is -2.36. The van der Waals surface area contributed by atoms with E-state index in [9.17, 15) is 18.4 Å². The number of carbonyl (C=O) groups is 2. The minimum absolute atomic E-state index is 0. The standard InChI is InChI=1S/C16H20FN3O3S.C14H18FN3O3.C2H3NS.H3N/c1-11(24)18-9-13-10-20(16(21)23-13)12-2-3-15(14(17)8-12)19-4-6-22-7-5-19;15-12-7-10(18-9-11(8-16)21-14(18)19)1-2-13(12)17-3-5-20-6-4-17;1-3-2-4;/h2-3,8,13H,4-7,9-10H2,1H3,(H,18,24);1-2,7,11H,3-6,8-9,16H2;1H3;1H3/t13-;11-;;/m00../s1. The first-order chi connectivity index (χ1) is 23.6. The van der Waals surface area contributed by atoms with Gasteiger partial charge in [-0.2, -0.15) is 0 Å².